The molecule has 1 atom stereocenters. The lowest BCUT2D eigenvalue weighted by molar-refractivity contribution is 0.485. The Morgan fingerprint density at radius 3 is 3.00 bits per heavy atom. The van der Waals surface area contributed by atoms with E-state index in [0.717, 1.165) is 18.4 Å². The number of halogens is 1. The van der Waals surface area contributed by atoms with Crippen molar-refractivity contribution in [2.45, 2.75) is 25.3 Å². The van der Waals surface area contributed by atoms with Crippen molar-refractivity contribution in [1.82, 2.24) is 9.88 Å². The van der Waals surface area contributed by atoms with E-state index >= 15 is 0 Å². The Hall–Kier alpha value is -1.35. The molecule has 1 N–H and O–H groups in total. The highest BCUT2D eigenvalue weighted by atomic mass is 19.1. The van der Waals surface area contributed by atoms with Crippen LogP contribution in [-0.4, -0.2) is 17.7 Å². The first-order valence-corrected chi connectivity index (χ1v) is 6.13. The first-order chi connectivity index (χ1) is 8.20. The quantitative estimate of drug-likeness (QED) is 0.799. The second kappa shape index (κ2) is 3.84. The molecule has 1 aliphatic rings. The Morgan fingerprint density at radius 2 is 2.24 bits per heavy atom. The molecule has 0 saturated heterocycles. The SMILES string of the molecule is CNC1CCc2c(n(C)c3cc(F)ccc23)C1. The van der Waals surface area contributed by atoms with E-state index in [2.05, 4.69) is 9.88 Å². The Kier molecular flexibility index (Phi) is 2.44. The molecule has 0 radical (unpaired) electrons. The molecule has 1 aromatic carbocycles. The standard InChI is InChI=1S/C14H17FN2/c1-16-10-4-6-12-11-5-3-9(15)7-13(11)17(2)14(12)8-10/h3,5,7,10,16H,4,6,8H2,1-2H3. The predicted molar refractivity (Wildman–Crippen MR) is 67.7 cm³/mol. The summed E-state index contributed by atoms with van der Waals surface area (Å²) in [5.74, 6) is -0.152. The summed E-state index contributed by atoms with van der Waals surface area (Å²) in [4.78, 5) is 0. The molecule has 0 bridgehead atoms. The van der Waals surface area contributed by atoms with Gasteiger partial charge in [-0.25, -0.2) is 4.39 Å². The fourth-order valence-electron chi connectivity index (χ4n) is 2.98. The van der Waals surface area contributed by atoms with Crippen molar-refractivity contribution in [1.29, 1.82) is 0 Å². The van der Waals surface area contributed by atoms with Crippen LogP contribution in [0.1, 0.15) is 17.7 Å². The van der Waals surface area contributed by atoms with Crippen LogP contribution in [0, 0.1) is 5.82 Å². The summed E-state index contributed by atoms with van der Waals surface area (Å²) in [6.07, 6.45) is 3.29. The topological polar surface area (TPSA) is 17.0 Å². The fourth-order valence-corrected chi connectivity index (χ4v) is 2.98. The van der Waals surface area contributed by atoms with Gasteiger partial charge in [0.2, 0.25) is 0 Å². The van der Waals surface area contributed by atoms with Gasteiger partial charge in [0.1, 0.15) is 5.82 Å². The van der Waals surface area contributed by atoms with Crippen LogP contribution < -0.4 is 5.32 Å². The number of hydrogen-bond donors (Lipinski definition) is 1. The van der Waals surface area contributed by atoms with Gasteiger partial charge in [-0.1, -0.05) is 0 Å². The van der Waals surface area contributed by atoms with Gasteiger partial charge in [-0.15, -0.1) is 0 Å². The van der Waals surface area contributed by atoms with Crippen LogP contribution in [-0.2, 0) is 19.9 Å². The van der Waals surface area contributed by atoms with Gasteiger partial charge in [0.15, 0.2) is 0 Å². The van der Waals surface area contributed by atoms with Gasteiger partial charge < -0.3 is 9.88 Å². The predicted octanol–water partition coefficient (Wildman–Crippen LogP) is 2.39. The van der Waals surface area contributed by atoms with Gasteiger partial charge in [0.05, 0.1) is 5.52 Å². The van der Waals surface area contributed by atoms with E-state index in [1.165, 1.54) is 23.1 Å². The number of benzene rings is 1. The molecule has 0 fully saturated rings. The van der Waals surface area contributed by atoms with Crippen molar-refractivity contribution >= 4 is 10.9 Å². The summed E-state index contributed by atoms with van der Waals surface area (Å²) < 4.78 is 15.4. The van der Waals surface area contributed by atoms with Crippen molar-refractivity contribution < 1.29 is 4.39 Å². The molecule has 17 heavy (non-hydrogen) atoms. The molecule has 0 aliphatic heterocycles. The molecule has 1 aliphatic carbocycles. The second-order valence-electron chi connectivity index (χ2n) is 4.87. The molecule has 1 heterocycles. The lowest BCUT2D eigenvalue weighted by Gasteiger charge is -2.23. The van der Waals surface area contributed by atoms with Crippen LogP contribution in [0.5, 0.6) is 0 Å². The van der Waals surface area contributed by atoms with Gasteiger partial charge in [0.25, 0.3) is 0 Å². The van der Waals surface area contributed by atoms with Crippen LogP contribution in [0.3, 0.4) is 0 Å². The highest BCUT2D eigenvalue weighted by Gasteiger charge is 2.23. The largest absolute Gasteiger partial charge is 0.347 e. The minimum atomic E-state index is -0.152. The van der Waals surface area contributed by atoms with Crippen LogP contribution >= 0.6 is 0 Å². The molecule has 2 nitrogen and oxygen atoms in total. The lowest BCUT2D eigenvalue weighted by atomic mass is 9.92. The van der Waals surface area contributed by atoms with Gasteiger partial charge in [-0.3, -0.25) is 0 Å². The van der Waals surface area contributed by atoms with Crippen LogP contribution in [0.15, 0.2) is 18.2 Å². The van der Waals surface area contributed by atoms with E-state index in [9.17, 15) is 4.39 Å². The number of nitrogens with one attached hydrogen (secondary N) is 1. The number of fused-ring (bicyclic) bond motifs is 3. The fraction of sp³-hybridized carbons (Fsp3) is 0.429. The molecule has 1 aromatic heterocycles. The number of nitrogens with zero attached hydrogens (tertiary/aromatic N) is 1. The first kappa shape index (κ1) is 10.8. The Balaban J connectivity index is 2.21. The average molecular weight is 232 g/mol. The molecular formula is C14H17FN2. The van der Waals surface area contributed by atoms with Crippen molar-refractivity contribution in [3.8, 4) is 0 Å². The lowest BCUT2D eigenvalue weighted by Crippen LogP contribution is -2.32. The maximum atomic E-state index is 13.3. The molecule has 0 saturated carbocycles. The molecule has 0 spiro atoms. The third-order valence-corrected chi connectivity index (χ3v) is 3.99. The third-order valence-electron chi connectivity index (χ3n) is 3.99. The second-order valence-corrected chi connectivity index (χ2v) is 4.87. The van der Waals surface area contributed by atoms with Crippen LogP contribution in [0.25, 0.3) is 10.9 Å². The van der Waals surface area contributed by atoms with E-state index in [1.807, 2.05) is 20.2 Å². The highest BCUT2D eigenvalue weighted by molar-refractivity contribution is 5.85. The zero-order chi connectivity index (χ0) is 12.0. The normalized spacial score (nSPS) is 19.6. The van der Waals surface area contributed by atoms with E-state index < -0.39 is 0 Å². The zero-order valence-electron chi connectivity index (χ0n) is 10.3. The molecule has 1 unspecified atom stereocenters. The van der Waals surface area contributed by atoms with Gasteiger partial charge >= 0.3 is 0 Å². The molecular weight excluding hydrogens is 215 g/mol. The van der Waals surface area contributed by atoms with Gasteiger partial charge in [0, 0.05) is 30.6 Å². The number of rotatable bonds is 1. The maximum absolute atomic E-state index is 13.3. The molecule has 90 valence electrons. The van der Waals surface area contributed by atoms with Crippen LogP contribution in [0.2, 0.25) is 0 Å². The number of aryl methyl sites for hydroxylation is 2. The summed E-state index contributed by atoms with van der Waals surface area (Å²) in [5.41, 5.74) is 3.79. The van der Waals surface area contributed by atoms with Crippen molar-refractivity contribution in [2.75, 3.05) is 7.05 Å². The smallest absolute Gasteiger partial charge is 0.125 e. The zero-order valence-corrected chi connectivity index (χ0v) is 10.3. The molecule has 2 aromatic rings. The van der Waals surface area contributed by atoms with Crippen molar-refractivity contribution in [3.05, 3.63) is 35.3 Å². The van der Waals surface area contributed by atoms with Crippen LogP contribution in [0.4, 0.5) is 4.39 Å². The van der Waals surface area contributed by atoms with E-state index in [1.54, 1.807) is 12.1 Å². The highest BCUT2D eigenvalue weighted by Crippen LogP contribution is 2.31. The number of hydrogen-bond acceptors (Lipinski definition) is 1. The summed E-state index contributed by atoms with van der Waals surface area (Å²) >= 11 is 0. The summed E-state index contributed by atoms with van der Waals surface area (Å²) in [6.45, 7) is 0. The Bertz CT molecular complexity index is 571. The minimum Gasteiger partial charge on any atom is -0.347 e. The number of aromatic nitrogens is 1. The molecule has 0 amide bonds. The van der Waals surface area contributed by atoms with E-state index in [0.29, 0.717) is 6.04 Å². The average Bonchev–Trinajstić information content (AvgIpc) is 2.62. The summed E-state index contributed by atoms with van der Waals surface area (Å²) in [7, 11) is 4.05. The third kappa shape index (κ3) is 1.57. The monoisotopic (exact) mass is 232 g/mol. The molecule has 3 heteroatoms. The minimum absolute atomic E-state index is 0.152. The van der Waals surface area contributed by atoms with E-state index in [4.69, 9.17) is 0 Å². The van der Waals surface area contributed by atoms with Crippen molar-refractivity contribution in [2.24, 2.45) is 7.05 Å². The van der Waals surface area contributed by atoms with E-state index in [-0.39, 0.29) is 5.82 Å². The Morgan fingerprint density at radius 1 is 1.41 bits per heavy atom. The number of likely N-dealkylation sites (N-methyl/N-ethyl adjacent to an activating group) is 1. The van der Waals surface area contributed by atoms with Gasteiger partial charge in [-0.2, -0.15) is 0 Å². The maximum Gasteiger partial charge on any atom is 0.125 e. The summed E-state index contributed by atoms with van der Waals surface area (Å²) in [5, 5.41) is 4.56. The van der Waals surface area contributed by atoms with Gasteiger partial charge in [-0.05, 0) is 43.7 Å². The Labute approximate surface area is 100 Å². The summed E-state index contributed by atoms with van der Waals surface area (Å²) in [6, 6.07) is 5.67. The van der Waals surface area contributed by atoms with Crippen molar-refractivity contribution in [3.63, 3.8) is 0 Å². The first-order valence-electron chi connectivity index (χ1n) is 6.13. The molecule has 3 rings (SSSR count).